The molecule has 0 aliphatic heterocycles. The number of carbonyl (C=O) groups excluding carboxylic acids is 1. The van der Waals surface area contributed by atoms with Crippen LogP contribution >= 0.6 is 0 Å². The number of nitrogens with one attached hydrogen (secondary N) is 1. The Bertz CT molecular complexity index is 561. The van der Waals surface area contributed by atoms with Crippen molar-refractivity contribution in [2.24, 2.45) is 0 Å². The summed E-state index contributed by atoms with van der Waals surface area (Å²) in [7, 11) is 0. The molecule has 1 heterocycles. The van der Waals surface area contributed by atoms with E-state index in [4.69, 9.17) is 0 Å². The van der Waals surface area contributed by atoms with Gasteiger partial charge in [0.2, 0.25) is 0 Å². The van der Waals surface area contributed by atoms with E-state index < -0.39 is 0 Å². The van der Waals surface area contributed by atoms with E-state index in [-0.39, 0.29) is 11.6 Å². The molecule has 2 rings (SSSR count). The van der Waals surface area contributed by atoms with Gasteiger partial charge < -0.3 is 5.32 Å². The number of para-hydroxylation sites is 1. The summed E-state index contributed by atoms with van der Waals surface area (Å²) in [5.41, 5.74) is 2.57. The van der Waals surface area contributed by atoms with Crippen LogP contribution in [-0.2, 0) is 0 Å². The number of nitrogens with zero attached hydrogens (tertiary/aromatic N) is 2. The maximum atomic E-state index is 12.0. The molecule has 94 valence electrons. The first-order valence-corrected chi connectivity index (χ1v) is 5.79. The van der Waals surface area contributed by atoms with Crippen LogP contribution in [0.15, 0.2) is 28.9 Å². The van der Waals surface area contributed by atoms with E-state index in [2.05, 4.69) is 34.1 Å². The molecule has 0 fully saturated rings. The van der Waals surface area contributed by atoms with Gasteiger partial charge in [0.05, 0.1) is 0 Å². The van der Waals surface area contributed by atoms with Gasteiger partial charge >= 0.3 is 0 Å². The summed E-state index contributed by atoms with van der Waals surface area (Å²) in [6, 6.07) is 7.70. The van der Waals surface area contributed by atoms with Crippen molar-refractivity contribution >= 4 is 11.6 Å². The maximum Gasteiger partial charge on any atom is 0.279 e. The lowest BCUT2D eigenvalue weighted by atomic mass is 10.0. The first-order valence-electron chi connectivity index (χ1n) is 5.79. The van der Waals surface area contributed by atoms with Crippen LogP contribution in [0.2, 0.25) is 0 Å². The van der Waals surface area contributed by atoms with Crippen molar-refractivity contribution in [3.63, 3.8) is 0 Å². The number of rotatable bonds is 3. The highest BCUT2D eigenvalue weighted by atomic mass is 16.6. The molecule has 0 atom stereocenters. The molecule has 0 radical (unpaired) electrons. The fourth-order valence-corrected chi connectivity index (χ4v) is 1.73. The van der Waals surface area contributed by atoms with Gasteiger partial charge in [-0.15, -0.1) is 0 Å². The van der Waals surface area contributed by atoms with Crippen molar-refractivity contribution in [2.75, 3.05) is 5.32 Å². The smallest absolute Gasteiger partial charge is 0.279 e. The number of carbonyl (C=O) groups is 1. The third-order valence-corrected chi connectivity index (χ3v) is 2.70. The molecule has 0 saturated carbocycles. The van der Waals surface area contributed by atoms with Gasteiger partial charge in [0.25, 0.3) is 5.91 Å². The zero-order valence-electron chi connectivity index (χ0n) is 10.6. The molecular formula is C13H15N3O2. The van der Waals surface area contributed by atoms with Gasteiger partial charge in [0.15, 0.2) is 5.69 Å². The standard InChI is InChI=1S/C13H15N3O2/c1-8(2)10-6-4-5-7-11(10)14-13(17)12-9(3)15-18-16-12/h4-8H,1-3H3,(H,14,17). The van der Waals surface area contributed by atoms with Crippen molar-refractivity contribution in [1.29, 1.82) is 0 Å². The van der Waals surface area contributed by atoms with E-state index in [1.165, 1.54) is 0 Å². The second-order valence-electron chi connectivity index (χ2n) is 4.39. The number of hydrogen-bond acceptors (Lipinski definition) is 4. The number of aryl methyl sites for hydroxylation is 1. The second kappa shape index (κ2) is 5.00. The maximum absolute atomic E-state index is 12.0. The Morgan fingerprint density at radius 2 is 2.00 bits per heavy atom. The van der Waals surface area contributed by atoms with Crippen LogP contribution in [0.5, 0.6) is 0 Å². The summed E-state index contributed by atoms with van der Waals surface area (Å²) in [6.45, 7) is 5.83. The first-order chi connectivity index (χ1) is 8.59. The van der Waals surface area contributed by atoms with Gasteiger partial charge in [0, 0.05) is 5.69 Å². The Labute approximate surface area is 105 Å². The lowest BCUT2D eigenvalue weighted by Crippen LogP contribution is -2.15. The monoisotopic (exact) mass is 245 g/mol. The van der Waals surface area contributed by atoms with Gasteiger partial charge in [-0.1, -0.05) is 37.2 Å². The first kappa shape index (κ1) is 12.3. The third-order valence-electron chi connectivity index (χ3n) is 2.70. The Hall–Kier alpha value is -2.17. The molecule has 0 aliphatic rings. The number of amides is 1. The normalized spacial score (nSPS) is 10.7. The minimum Gasteiger partial charge on any atom is -0.320 e. The highest BCUT2D eigenvalue weighted by Gasteiger charge is 2.16. The topological polar surface area (TPSA) is 68.0 Å². The number of benzene rings is 1. The van der Waals surface area contributed by atoms with Gasteiger partial charge in [0.1, 0.15) is 5.69 Å². The summed E-state index contributed by atoms with van der Waals surface area (Å²) in [5.74, 6) is 0.0277. The van der Waals surface area contributed by atoms with E-state index in [0.717, 1.165) is 11.3 Å². The SMILES string of the molecule is Cc1nonc1C(=O)Nc1ccccc1C(C)C. The fraction of sp³-hybridized carbons (Fsp3) is 0.308. The Balaban J connectivity index is 2.25. The highest BCUT2D eigenvalue weighted by molar-refractivity contribution is 6.03. The van der Waals surface area contributed by atoms with Crippen LogP contribution in [-0.4, -0.2) is 16.2 Å². The molecule has 5 heteroatoms. The van der Waals surface area contributed by atoms with Gasteiger partial charge in [-0.05, 0) is 29.6 Å². The summed E-state index contributed by atoms with van der Waals surface area (Å²) in [4.78, 5) is 12.0. The van der Waals surface area contributed by atoms with Crippen molar-refractivity contribution < 1.29 is 9.42 Å². The zero-order chi connectivity index (χ0) is 13.1. The second-order valence-corrected chi connectivity index (χ2v) is 4.39. The summed E-state index contributed by atoms with van der Waals surface area (Å²) < 4.78 is 4.52. The molecule has 5 nitrogen and oxygen atoms in total. The van der Waals surface area contributed by atoms with Crippen molar-refractivity contribution in [1.82, 2.24) is 10.3 Å². The lowest BCUT2D eigenvalue weighted by molar-refractivity contribution is 0.101. The van der Waals surface area contributed by atoms with Crippen LogP contribution in [0.3, 0.4) is 0 Å². The minimum atomic E-state index is -0.304. The van der Waals surface area contributed by atoms with Crippen LogP contribution in [0.1, 0.15) is 41.5 Å². The largest absolute Gasteiger partial charge is 0.320 e. The van der Waals surface area contributed by atoms with Crippen LogP contribution in [0, 0.1) is 6.92 Å². The predicted octanol–water partition coefficient (Wildman–Crippen LogP) is 2.75. The van der Waals surface area contributed by atoms with E-state index in [0.29, 0.717) is 11.6 Å². The van der Waals surface area contributed by atoms with Gasteiger partial charge in [-0.3, -0.25) is 4.79 Å². The molecule has 1 aromatic heterocycles. The summed E-state index contributed by atoms with van der Waals surface area (Å²) >= 11 is 0. The zero-order valence-corrected chi connectivity index (χ0v) is 10.6. The Kier molecular flexibility index (Phi) is 3.41. The van der Waals surface area contributed by atoms with Crippen LogP contribution in [0.4, 0.5) is 5.69 Å². The molecule has 0 bridgehead atoms. The fourth-order valence-electron chi connectivity index (χ4n) is 1.73. The third kappa shape index (κ3) is 2.40. The molecule has 1 N–H and O–H groups in total. The number of hydrogen-bond donors (Lipinski definition) is 1. The highest BCUT2D eigenvalue weighted by Crippen LogP contribution is 2.24. The average Bonchev–Trinajstić information content (AvgIpc) is 2.76. The summed E-state index contributed by atoms with van der Waals surface area (Å²) in [5, 5.41) is 10.0. The molecule has 0 unspecified atom stereocenters. The molecule has 1 amide bonds. The molecule has 0 spiro atoms. The van der Waals surface area contributed by atoms with E-state index in [1.54, 1.807) is 6.92 Å². The quantitative estimate of drug-likeness (QED) is 0.902. The van der Waals surface area contributed by atoms with E-state index >= 15 is 0 Å². The van der Waals surface area contributed by atoms with Crippen LogP contribution in [0.25, 0.3) is 0 Å². The molecule has 1 aromatic carbocycles. The Morgan fingerprint density at radius 1 is 1.28 bits per heavy atom. The molecule has 0 saturated heterocycles. The number of anilines is 1. The van der Waals surface area contributed by atoms with Crippen LogP contribution < -0.4 is 5.32 Å². The van der Waals surface area contributed by atoms with Gasteiger partial charge in [-0.25, -0.2) is 4.63 Å². The minimum absolute atomic E-state index is 0.216. The molecule has 0 aliphatic carbocycles. The predicted molar refractivity (Wildman–Crippen MR) is 67.5 cm³/mol. The molecule has 18 heavy (non-hydrogen) atoms. The Morgan fingerprint density at radius 3 is 2.61 bits per heavy atom. The average molecular weight is 245 g/mol. The lowest BCUT2D eigenvalue weighted by Gasteiger charge is -2.12. The van der Waals surface area contributed by atoms with E-state index in [9.17, 15) is 4.79 Å². The summed E-state index contributed by atoms with van der Waals surface area (Å²) in [6.07, 6.45) is 0. The van der Waals surface area contributed by atoms with E-state index in [1.807, 2.05) is 24.3 Å². The van der Waals surface area contributed by atoms with Crippen molar-refractivity contribution in [2.45, 2.75) is 26.7 Å². The molecule has 2 aromatic rings. The number of aromatic nitrogens is 2. The molecular weight excluding hydrogens is 230 g/mol. The van der Waals surface area contributed by atoms with Crippen molar-refractivity contribution in [3.05, 3.63) is 41.2 Å². The van der Waals surface area contributed by atoms with Gasteiger partial charge in [-0.2, -0.15) is 0 Å². The van der Waals surface area contributed by atoms with Crippen molar-refractivity contribution in [3.8, 4) is 0 Å².